The highest BCUT2D eigenvalue weighted by Crippen LogP contribution is 2.22. The van der Waals surface area contributed by atoms with Gasteiger partial charge in [-0.25, -0.2) is 0 Å². The number of nitrogens with zero attached hydrogens (tertiary/aromatic N) is 2. The van der Waals surface area contributed by atoms with Crippen LogP contribution in [0.25, 0.3) is 6.08 Å². The lowest BCUT2D eigenvalue weighted by Crippen LogP contribution is -2.34. The van der Waals surface area contributed by atoms with Gasteiger partial charge < -0.3 is 20.4 Å². The molecular weight excluding hydrogens is 481 g/mol. The minimum absolute atomic E-state index is 0.0918. The zero-order valence-corrected chi connectivity index (χ0v) is 19.0. The number of nitrogens with one attached hydrogen (secondary N) is 3. The van der Waals surface area contributed by atoms with Gasteiger partial charge in [-0.3, -0.25) is 19.4 Å². The van der Waals surface area contributed by atoms with E-state index in [-0.39, 0.29) is 30.1 Å². The number of benzene rings is 1. The minimum atomic E-state index is -0.915. The highest BCUT2D eigenvalue weighted by Gasteiger charge is 2.15. The number of halogens is 2. The third-order valence-electron chi connectivity index (χ3n) is 4.26. The summed E-state index contributed by atoms with van der Waals surface area (Å²) in [7, 11) is 0. The molecule has 172 valence electrons. The maximum absolute atomic E-state index is 12.3. The highest BCUT2D eigenvalue weighted by molar-refractivity contribution is 6.40. The fraction of sp³-hybridized carbons (Fsp3) is 0.0870. The molecule has 1 aromatic carbocycles. The average Bonchev–Trinajstić information content (AvgIpc) is 3.26. The Morgan fingerprint density at radius 1 is 1.00 bits per heavy atom. The maximum Gasteiger partial charge on any atom is 0.313 e. The second kappa shape index (κ2) is 11.7. The third kappa shape index (κ3) is 7.20. The molecule has 34 heavy (non-hydrogen) atoms. The number of amides is 3. The summed E-state index contributed by atoms with van der Waals surface area (Å²) in [6, 6.07) is 12.8. The third-order valence-corrected chi connectivity index (χ3v) is 4.70. The number of anilines is 1. The van der Waals surface area contributed by atoms with Crippen molar-refractivity contribution >= 4 is 52.7 Å². The lowest BCUT2D eigenvalue weighted by Gasteiger charge is -2.06. The van der Waals surface area contributed by atoms with Crippen molar-refractivity contribution in [3.63, 3.8) is 0 Å². The first-order chi connectivity index (χ1) is 16.3. The zero-order chi connectivity index (χ0) is 24.5. The number of hydrogen-bond acceptors (Lipinski definition) is 6. The molecule has 0 aliphatic carbocycles. The number of nitriles is 1. The van der Waals surface area contributed by atoms with E-state index in [1.807, 2.05) is 6.07 Å². The van der Waals surface area contributed by atoms with Gasteiger partial charge in [0.15, 0.2) is 0 Å². The van der Waals surface area contributed by atoms with Crippen molar-refractivity contribution in [2.24, 2.45) is 0 Å². The lowest BCUT2D eigenvalue weighted by molar-refractivity contribution is -0.136. The van der Waals surface area contributed by atoms with E-state index in [1.165, 1.54) is 30.3 Å². The highest BCUT2D eigenvalue weighted by atomic mass is 35.5. The molecular formula is C23H17Cl2N5O4. The van der Waals surface area contributed by atoms with Crippen LogP contribution in [0.3, 0.4) is 0 Å². The van der Waals surface area contributed by atoms with E-state index >= 15 is 0 Å². The van der Waals surface area contributed by atoms with Gasteiger partial charge in [0.25, 0.3) is 5.91 Å². The minimum Gasteiger partial charge on any atom is -0.460 e. The number of carbonyl (C=O) groups excluding carboxylic acids is 3. The van der Waals surface area contributed by atoms with Crippen LogP contribution in [0.2, 0.25) is 10.0 Å². The Balaban J connectivity index is 1.53. The topological polar surface area (TPSA) is 137 Å². The zero-order valence-electron chi connectivity index (χ0n) is 17.5. The van der Waals surface area contributed by atoms with Gasteiger partial charge in [0.1, 0.15) is 23.2 Å². The molecule has 3 rings (SSSR count). The second-order valence-electron chi connectivity index (χ2n) is 6.81. The molecule has 3 amide bonds. The van der Waals surface area contributed by atoms with Crippen LogP contribution in [0.5, 0.6) is 0 Å². The smallest absolute Gasteiger partial charge is 0.313 e. The van der Waals surface area contributed by atoms with Crippen LogP contribution in [-0.4, -0.2) is 22.7 Å². The van der Waals surface area contributed by atoms with Crippen LogP contribution in [0.15, 0.2) is 64.8 Å². The number of carbonyl (C=O) groups is 3. The van der Waals surface area contributed by atoms with Crippen molar-refractivity contribution in [1.29, 1.82) is 5.26 Å². The number of furan rings is 1. The fourth-order valence-electron chi connectivity index (χ4n) is 2.70. The van der Waals surface area contributed by atoms with Crippen molar-refractivity contribution in [3.05, 3.63) is 87.6 Å². The molecule has 0 saturated carbocycles. The molecule has 0 aliphatic heterocycles. The van der Waals surface area contributed by atoms with Crippen molar-refractivity contribution < 1.29 is 18.8 Å². The van der Waals surface area contributed by atoms with Gasteiger partial charge in [0, 0.05) is 40.7 Å². The molecule has 0 aliphatic rings. The summed E-state index contributed by atoms with van der Waals surface area (Å²) in [5.74, 6) is -1.85. The molecule has 0 spiro atoms. The maximum atomic E-state index is 12.3. The Labute approximate surface area is 204 Å². The Morgan fingerprint density at radius 3 is 2.41 bits per heavy atom. The number of rotatable bonds is 7. The van der Waals surface area contributed by atoms with E-state index in [1.54, 1.807) is 30.6 Å². The van der Waals surface area contributed by atoms with Gasteiger partial charge in [-0.15, -0.1) is 0 Å². The van der Waals surface area contributed by atoms with Crippen LogP contribution < -0.4 is 16.0 Å². The van der Waals surface area contributed by atoms with Crippen LogP contribution in [-0.2, 0) is 27.5 Å². The van der Waals surface area contributed by atoms with Gasteiger partial charge >= 0.3 is 11.8 Å². The molecule has 0 bridgehead atoms. The van der Waals surface area contributed by atoms with Crippen molar-refractivity contribution in [2.75, 3.05) is 5.32 Å². The normalized spacial score (nSPS) is 10.8. The Hall–Kier alpha value is -4.13. The molecule has 3 aromatic rings. The first kappa shape index (κ1) is 24.5. The van der Waals surface area contributed by atoms with Crippen molar-refractivity contribution in [1.82, 2.24) is 15.6 Å². The van der Waals surface area contributed by atoms with Crippen molar-refractivity contribution in [2.45, 2.75) is 13.1 Å². The molecule has 3 N–H and O–H groups in total. The van der Waals surface area contributed by atoms with E-state index in [0.29, 0.717) is 15.8 Å². The standard InChI is InChI=1S/C23H17Cl2N5O4/c24-16-7-17(25)9-18(8-16)30-23(33)22(32)29-13-20-4-3-19(34-20)6-15(10-26)21(31)28-12-14-2-1-5-27-11-14/h1-9,11H,12-13H2,(H,28,31)(H,29,32)(H,30,33)/b15-6+. The molecule has 11 heteroatoms. The molecule has 0 unspecified atom stereocenters. The summed E-state index contributed by atoms with van der Waals surface area (Å²) in [5, 5.41) is 17.3. The lowest BCUT2D eigenvalue weighted by atomic mass is 10.2. The predicted molar refractivity (Wildman–Crippen MR) is 125 cm³/mol. The molecule has 0 saturated heterocycles. The predicted octanol–water partition coefficient (Wildman–Crippen LogP) is 3.46. The molecule has 0 atom stereocenters. The molecule has 0 fully saturated rings. The van der Waals surface area contributed by atoms with E-state index < -0.39 is 17.7 Å². The van der Waals surface area contributed by atoms with Gasteiger partial charge in [-0.05, 0) is 42.0 Å². The van der Waals surface area contributed by atoms with Crippen LogP contribution in [0.1, 0.15) is 17.1 Å². The first-order valence-electron chi connectivity index (χ1n) is 9.77. The van der Waals surface area contributed by atoms with Gasteiger partial charge in [-0.1, -0.05) is 29.3 Å². The average molecular weight is 498 g/mol. The van der Waals surface area contributed by atoms with E-state index in [0.717, 1.165) is 5.56 Å². The number of hydrogen-bond donors (Lipinski definition) is 3. The quantitative estimate of drug-likeness (QED) is 0.259. The number of pyridine rings is 1. The van der Waals surface area contributed by atoms with E-state index in [9.17, 15) is 19.6 Å². The first-order valence-corrected chi connectivity index (χ1v) is 10.5. The largest absolute Gasteiger partial charge is 0.460 e. The molecule has 2 aromatic heterocycles. The summed E-state index contributed by atoms with van der Waals surface area (Å²) < 4.78 is 5.51. The number of aromatic nitrogens is 1. The fourth-order valence-corrected chi connectivity index (χ4v) is 3.23. The van der Waals surface area contributed by atoms with Crippen LogP contribution >= 0.6 is 23.2 Å². The SMILES string of the molecule is N#C/C(=C\c1ccc(CNC(=O)C(=O)Nc2cc(Cl)cc(Cl)c2)o1)C(=O)NCc1cccnc1. The second-order valence-corrected chi connectivity index (χ2v) is 7.69. The summed E-state index contributed by atoms with van der Waals surface area (Å²) in [6.45, 7) is 0.121. The van der Waals surface area contributed by atoms with Gasteiger partial charge in [0.05, 0.1) is 6.54 Å². The van der Waals surface area contributed by atoms with Crippen LogP contribution in [0.4, 0.5) is 5.69 Å². The summed E-state index contributed by atoms with van der Waals surface area (Å²) >= 11 is 11.7. The Morgan fingerprint density at radius 2 is 1.74 bits per heavy atom. The summed E-state index contributed by atoms with van der Waals surface area (Å²) in [4.78, 5) is 40.3. The van der Waals surface area contributed by atoms with Gasteiger partial charge in [-0.2, -0.15) is 5.26 Å². The summed E-state index contributed by atoms with van der Waals surface area (Å²) in [6.07, 6.45) is 4.50. The van der Waals surface area contributed by atoms with Crippen LogP contribution in [0, 0.1) is 11.3 Å². The van der Waals surface area contributed by atoms with Gasteiger partial charge in [0.2, 0.25) is 0 Å². The Kier molecular flexibility index (Phi) is 8.40. The summed E-state index contributed by atoms with van der Waals surface area (Å²) in [5.41, 5.74) is 0.897. The Bertz CT molecular complexity index is 1260. The van der Waals surface area contributed by atoms with E-state index in [2.05, 4.69) is 20.9 Å². The molecule has 0 radical (unpaired) electrons. The monoisotopic (exact) mass is 497 g/mol. The molecule has 2 heterocycles. The molecule has 9 nitrogen and oxygen atoms in total. The van der Waals surface area contributed by atoms with E-state index in [4.69, 9.17) is 27.6 Å². The van der Waals surface area contributed by atoms with Crippen molar-refractivity contribution in [3.8, 4) is 6.07 Å².